The van der Waals surface area contributed by atoms with Gasteiger partial charge >= 0.3 is 0 Å². The molecule has 2 N–H and O–H groups in total. The lowest BCUT2D eigenvalue weighted by Crippen LogP contribution is -2.25. The van der Waals surface area contributed by atoms with Crippen molar-refractivity contribution in [1.29, 1.82) is 0 Å². The fourth-order valence-corrected chi connectivity index (χ4v) is 3.37. The average molecular weight is 264 g/mol. The van der Waals surface area contributed by atoms with Gasteiger partial charge in [0.2, 0.25) is 5.75 Å². The fraction of sp³-hybridized carbons (Fsp3) is 0.692. The van der Waals surface area contributed by atoms with Crippen LogP contribution >= 0.6 is 0 Å². The van der Waals surface area contributed by atoms with E-state index in [9.17, 15) is 5.11 Å². The Hall–Kier alpha value is -1.56. The Morgan fingerprint density at radius 2 is 2.21 bits per heavy atom. The summed E-state index contributed by atoms with van der Waals surface area (Å²) in [5.74, 6) is 3.15. The summed E-state index contributed by atoms with van der Waals surface area (Å²) in [4.78, 5) is 10.7. The number of hydrogen-bond acceptors (Lipinski definition) is 6. The Labute approximate surface area is 112 Å². The molecule has 3 unspecified atom stereocenters. The van der Waals surface area contributed by atoms with Crippen LogP contribution in [0.5, 0.6) is 5.75 Å². The minimum atomic E-state index is -0.161. The maximum atomic E-state index is 9.99. The Balaban J connectivity index is 1.88. The van der Waals surface area contributed by atoms with Gasteiger partial charge in [0.25, 0.3) is 0 Å². The summed E-state index contributed by atoms with van der Waals surface area (Å²) in [7, 11) is 3.45. The molecule has 0 spiro atoms. The number of aromatic nitrogens is 2. The predicted molar refractivity (Wildman–Crippen MR) is 72.6 cm³/mol. The molecule has 1 aromatic rings. The van der Waals surface area contributed by atoms with E-state index in [2.05, 4.69) is 20.2 Å². The molecule has 6 heteroatoms. The molecule has 104 valence electrons. The molecule has 2 aliphatic rings. The first-order valence-electron chi connectivity index (χ1n) is 6.74. The molecule has 1 aliphatic carbocycles. The lowest BCUT2D eigenvalue weighted by atomic mass is 10.00. The first-order valence-corrected chi connectivity index (χ1v) is 6.74. The monoisotopic (exact) mass is 264 g/mol. The molecule has 2 heterocycles. The van der Waals surface area contributed by atoms with Gasteiger partial charge in [-0.1, -0.05) is 0 Å². The number of anilines is 2. The number of nitrogens with one attached hydrogen (secondary N) is 1. The van der Waals surface area contributed by atoms with Gasteiger partial charge in [0, 0.05) is 26.1 Å². The number of ether oxygens (including phenoxy) is 1. The van der Waals surface area contributed by atoms with E-state index in [0.717, 1.165) is 31.7 Å². The maximum Gasteiger partial charge on any atom is 0.204 e. The van der Waals surface area contributed by atoms with Gasteiger partial charge in [-0.25, -0.2) is 9.97 Å². The third-order valence-electron chi connectivity index (χ3n) is 4.34. The largest absolute Gasteiger partial charge is 0.490 e. The minimum Gasteiger partial charge on any atom is -0.490 e. The van der Waals surface area contributed by atoms with Crippen molar-refractivity contribution in [1.82, 2.24) is 9.97 Å². The number of nitrogens with zero attached hydrogens (tertiary/aromatic N) is 3. The summed E-state index contributed by atoms with van der Waals surface area (Å²) in [6.07, 6.45) is 3.43. The van der Waals surface area contributed by atoms with Crippen LogP contribution < -0.4 is 15.0 Å². The lowest BCUT2D eigenvalue weighted by Gasteiger charge is -2.22. The lowest BCUT2D eigenvalue weighted by molar-refractivity contribution is 0.133. The van der Waals surface area contributed by atoms with E-state index >= 15 is 0 Å². The molecular formula is C13H20N4O2. The SMILES string of the molecule is CNc1ncnc(N2CC3CCC(O)C3C2)c1OC. The molecule has 0 radical (unpaired) electrons. The quantitative estimate of drug-likeness (QED) is 0.839. The van der Waals surface area contributed by atoms with Crippen LogP contribution in [0.4, 0.5) is 11.6 Å². The van der Waals surface area contributed by atoms with Crippen molar-refractivity contribution in [2.24, 2.45) is 11.8 Å². The molecule has 1 aliphatic heterocycles. The third kappa shape index (κ3) is 2.00. The molecular weight excluding hydrogens is 244 g/mol. The van der Waals surface area contributed by atoms with E-state index in [1.54, 1.807) is 13.4 Å². The van der Waals surface area contributed by atoms with Gasteiger partial charge in [-0.3, -0.25) is 0 Å². The summed E-state index contributed by atoms with van der Waals surface area (Å²) >= 11 is 0. The van der Waals surface area contributed by atoms with Crippen LogP contribution in [0, 0.1) is 11.8 Å². The highest BCUT2D eigenvalue weighted by atomic mass is 16.5. The number of aliphatic hydroxyl groups is 1. The molecule has 1 aromatic heterocycles. The Bertz CT molecular complexity index is 468. The Morgan fingerprint density at radius 1 is 1.37 bits per heavy atom. The van der Waals surface area contributed by atoms with Crippen LogP contribution in [-0.2, 0) is 0 Å². The van der Waals surface area contributed by atoms with E-state index in [1.807, 2.05) is 7.05 Å². The first-order chi connectivity index (χ1) is 9.24. The number of fused-ring (bicyclic) bond motifs is 1. The van der Waals surface area contributed by atoms with Gasteiger partial charge in [0.1, 0.15) is 6.33 Å². The van der Waals surface area contributed by atoms with E-state index < -0.39 is 0 Å². The van der Waals surface area contributed by atoms with Crippen LogP contribution in [0.2, 0.25) is 0 Å². The van der Waals surface area contributed by atoms with Gasteiger partial charge in [-0.05, 0) is 18.8 Å². The topological polar surface area (TPSA) is 70.5 Å². The first kappa shape index (κ1) is 12.5. The van der Waals surface area contributed by atoms with Crippen molar-refractivity contribution >= 4 is 11.6 Å². The highest BCUT2D eigenvalue weighted by Gasteiger charge is 2.43. The second-order valence-corrected chi connectivity index (χ2v) is 5.30. The zero-order chi connectivity index (χ0) is 13.4. The van der Waals surface area contributed by atoms with E-state index in [1.165, 1.54) is 0 Å². The van der Waals surface area contributed by atoms with Crippen molar-refractivity contribution in [2.75, 3.05) is 37.5 Å². The van der Waals surface area contributed by atoms with Gasteiger partial charge in [0.15, 0.2) is 11.6 Å². The standard InChI is InChI=1S/C13H20N4O2/c1-14-12-11(19-2)13(16-7-15-12)17-5-8-3-4-10(18)9(8)6-17/h7-10,18H,3-6H2,1-2H3,(H,14,15,16). The molecule has 3 atom stereocenters. The Kier molecular flexibility index (Phi) is 3.18. The number of hydrogen-bond donors (Lipinski definition) is 2. The zero-order valence-electron chi connectivity index (χ0n) is 11.3. The summed E-state index contributed by atoms with van der Waals surface area (Å²) < 4.78 is 5.44. The van der Waals surface area contributed by atoms with Crippen molar-refractivity contribution in [3.8, 4) is 5.75 Å². The molecule has 2 fully saturated rings. The van der Waals surface area contributed by atoms with Gasteiger partial charge in [-0.15, -0.1) is 0 Å². The molecule has 3 rings (SSSR count). The third-order valence-corrected chi connectivity index (χ3v) is 4.34. The normalized spacial score (nSPS) is 29.4. The van der Waals surface area contributed by atoms with Crippen LogP contribution in [0.15, 0.2) is 6.33 Å². The smallest absolute Gasteiger partial charge is 0.204 e. The fourth-order valence-electron chi connectivity index (χ4n) is 3.37. The van der Waals surface area contributed by atoms with Crippen molar-refractivity contribution in [3.63, 3.8) is 0 Å². The molecule has 1 saturated carbocycles. The second-order valence-electron chi connectivity index (χ2n) is 5.30. The van der Waals surface area contributed by atoms with Crippen LogP contribution in [-0.4, -0.2) is 48.4 Å². The molecule has 0 bridgehead atoms. The molecule has 1 saturated heterocycles. The molecule has 0 amide bonds. The van der Waals surface area contributed by atoms with Crippen LogP contribution in [0.3, 0.4) is 0 Å². The predicted octanol–water partition coefficient (Wildman–Crippen LogP) is 0.734. The van der Waals surface area contributed by atoms with Crippen LogP contribution in [0.1, 0.15) is 12.8 Å². The van der Waals surface area contributed by atoms with Crippen molar-refractivity contribution in [3.05, 3.63) is 6.33 Å². The Morgan fingerprint density at radius 3 is 2.89 bits per heavy atom. The number of rotatable bonds is 3. The summed E-state index contributed by atoms with van der Waals surface area (Å²) in [5, 5.41) is 13.0. The number of methoxy groups -OCH3 is 1. The van der Waals surface area contributed by atoms with E-state index in [0.29, 0.717) is 23.4 Å². The van der Waals surface area contributed by atoms with Gasteiger partial charge in [-0.2, -0.15) is 0 Å². The highest BCUT2D eigenvalue weighted by molar-refractivity contribution is 5.65. The average Bonchev–Trinajstić information content (AvgIpc) is 3.00. The van der Waals surface area contributed by atoms with Crippen LogP contribution in [0.25, 0.3) is 0 Å². The highest BCUT2D eigenvalue weighted by Crippen LogP contribution is 2.42. The van der Waals surface area contributed by atoms with E-state index in [-0.39, 0.29) is 6.10 Å². The second kappa shape index (κ2) is 4.85. The summed E-state index contributed by atoms with van der Waals surface area (Å²) in [6, 6.07) is 0. The van der Waals surface area contributed by atoms with Crippen molar-refractivity contribution in [2.45, 2.75) is 18.9 Å². The molecule has 19 heavy (non-hydrogen) atoms. The summed E-state index contributed by atoms with van der Waals surface area (Å²) in [6.45, 7) is 1.79. The van der Waals surface area contributed by atoms with E-state index in [4.69, 9.17) is 4.74 Å². The van der Waals surface area contributed by atoms with Crippen molar-refractivity contribution < 1.29 is 9.84 Å². The number of aliphatic hydroxyl groups excluding tert-OH is 1. The summed E-state index contributed by atoms with van der Waals surface area (Å²) in [5.41, 5.74) is 0. The molecule has 6 nitrogen and oxygen atoms in total. The minimum absolute atomic E-state index is 0.161. The molecule has 0 aromatic carbocycles. The zero-order valence-corrected chi connectivity index (χ0v) is 11.3. The van der Waals surface area contributed by atoms with Gasteiger partial charge in [0.05, 0.1) is 13.2 Å². The van der Waals surface area contributed by atoms with Gasteiger partial charge < -0.3 is 20.1 Å². The maximum absolute atomic E-state index is 9.99.